The van der Waals surface area contributed by atoms with E-state index < -0.39 is 18.5 Å². The molecule has 0 fully saturated rings. The summed E-state index contributed by atoms with van der Waals surface area (Å²) in [6, 6.07) is 14.4. The Balaban J connectivity index is 1.63. The minimum atomic E-state index is -0.726. The first-order valence-corrected chi connectivity index (χ1v) is 8.58. The number of hydrogen-bond donors (Lipinski definition) is 1. The van der Waals surface area contributed by atoms with Crippen LogP contribution in [0.15, 0.2) is 52.9 Å². The highest BCUT2D eigenvalue weighted by Gasteiger charge is 2.20. The number of oxazole rings is 1. The molecule has 0 spiro atoms. The molecule has 0 atom stereocenters. The number of anilines is 1. The van der Waals surface area contributed by atoms with Crippen molar-refractivity contribution in [2.24, 2.45) is 0 Å². The number of benzene rings is 2. The molecule has 0 aliphatic heterocycles. The van der Waals surface area contributed by atoms with Gasteiger partial charge in [0, 0.05) is 16.3 Å². The number of nitrogens with zero attached hydrogens (tertiary/aromatic N) is 1. The first kappa shape index (κ1) is 18.7. The van der Waals surface area contributed by atoms with Gasteiger partial charge in [0.25, 0.3) is 5.91 Å². The Morgan fingerprint density at radius 2 is 1.85 bits per heavy atom. The molecular formula is C20H17ClN2O4. The highest BCUT2D eigenvalue weighted by atomic mass is 35.5. The molecule has 1 amide bonds. The van der Waals surface area contributed by atoms with E-state index in [9.17, 15) is 9.59 Å². The lowest BCUT2D eigenvalue weighted by Gasteiger charge is -2.09. The van der Waals surface area contributed by atoms with E-state index in [1.807, 2.05) is 30.3 Å². The van der Waals surface area contributed by atoms with E-state index in [1.165, 1.54) is 0 Å². The minimum absolute atomic E-state index is 0.0422. The largest absolute Gasteiger partial charge is 0.451 e. The van der Waals surface area contributed by atoms with Crippen LogP contribution in [0.1, 0.15) is 21.8 Å². The SMILES string of the molecule is Cc1oc(-c2ccccc2)nc1C(=O)OCC(=O)Nc1cccc(Cl)c1C. The van der Waals surface area contributed by atoms with E-state index in [0.717, 1.165) is 11.1 Å². The Hall–Kier alpha value is -3.12. The van der Waals surface area contributed by atoms with Crippen molar-refractivity contribution in [2.45, 2.75) is 13.8 Å². The molecule has 1 N–H and O–H groups in total. The van der Waals surface area contributed by atoms with E-state index in [4.69, 9.17) is 20.8 Å². The lowest BCUT2D eigenvalue weighted by atomic mass is 10.2. The number of aromatic nitrogens is 1. The molecule has 0 bridgehead atoms. The van der Waals surface area contributed by atoms with Crippen LogP contribution in [0.3, 0.4) is 0 Å². The van der Waals surface area contributed by atoms with Crippen molar-refractivity contribution in [1.82, 2.24) is 4.98 Å². The molecule has 3 aromatic rings. The molecule has 2 aromatic carbocycles. The summed E-state index contributed by atoms with van der Waals surface area (Å²) in [6.45, 7) is 2.96. The average molecular weight is 385 g/mol. The van der Waals surface area contributed by atoms with Crippen molar-refractivity contribution in [3.05, 3.63) is 70.6 Å². The zero-order valence-electron chi connectivity index (χ0n) is 14.8. The molecular weight excluding hydrogens is 368 g/mol. The average Bonchev–Trinajstić information content (AvgIpc) is 3.06. The van der Waals surface area contributed by atoms with Crippen molar-refractivity contribution in [2.75, 3.05) is 11.9 Å². The number of amides is 1. The number of ether oxygens (including phenoxy) is 1. The Kier molecular flexibility index (Phi) is 5.57. The van der Waals surface area contributed by atoms with Crippen molar-refractivity contribution >= 4 is 29.2 Å². The maximum absolute atomic E-state index is 12.2. The van der Waals surface area contributed by atoms with E-state index in [-0.39, 0.29) is 5.69 Å². The molecule has 0 unspecified atom stereocenters. The van der Waals surface area contributed by atoms with Crippen LogP contribution in [-0.2, 0) is 9.53 Å². The standard InChI is InChI=1S/C20H17ClN2O4/c1-12-15(21)9-6-10-16(12)22-17(24)11-26-20(25)18-13(2)27-19(23-18)14-7-4-3-5-8-14/h3-10H,11H2,1-2H3,(H,22,24). The van der Waals surface area contributed by atoms with Crippen LogP contribution in [-0.4, -0.2) is 23.5 Å². The maximum atomic E-state index is 12.2. The third kappa shape index (κ3) is 4.35. The second-order valence-corrected chi connectivity index (χ2v) is 6.23. The summed E-state index contributed by atoms with van der Waals surface area (Å²) in [6.07, 6.45) is 0. The fourth-order valence-electron chi connectivity index (χ4n) is 2.42. The first-order valence-electron chi connectivity index (χ1n) is 8.20. The van der Waals surface area contributed by atoms with Gasteiger partial charge in [0.15, 0.2) is 12.3 Å². The predicted octanol–water partition coefficient (Wildman–Crippen LogP) is 4.41. The fourth-order valence-corrected chi connectivity index (χ4v) is 2.59. The molecule has 1 heterocycles. The molecule has 0 aliphatic rings. The van der Waals surface area contributed by atoms with Gasteiger partial charge in [-0.15, -0.1) is 0 Å². The normalized spacial score (nSPS) is 10.5. The number of halogens is 1. The Labute approximate surface area is 161 Å². The number of nitrogens with one attached hydrogen (secondary N) is 1. The van der Waals surface area contributed by atoms with Crippen LogP contribution >= 0.6 is 11.6 Å². The molecule has 138 valence electrons. The van der Waals surface area contributed by atoms with Crippen molar-refractivity contribution < 1.29 is 18.7 Å². The molecule has 27 heavy (non-hydrogen) atoms. The van der Waals surface area contributed by atoms with Crippen LogP contribution in [0.5, 0.6) is 0 Å². The van der Waals surface area contributed by atoms with Crippen molar-refractivity contribution in [1.29, 1.82) is 0 Å². The Bertz CT molecular complexity index is 983. The number of hydrogen-bond acceptors (Lipinski definition) is 5. The smallest absolute Gasteiger partial charge is 0.361 e. The molecule has 0 saturated carbocycles. The number of esters is 1. The summed E-state index contributed by atoms with van der Waals surface area (Å²) in [7, 11) is 0. The van der Waals surface area contributed by atoms with Crippen LogP contribution in [0.25, 0.3) is 11.5 Å². The van der Waals surface area contributed by atoms with Crippen LogP contribution in [0, 0.1) is 13.8 Å². The van der Waals surface area contributed by atoms with Crippen LogP contribution in [0.2, 0.25) is 5.02 Å². The van der Waals surface area contributed by atoms with Gasteiger partial charge >= 0.3 is 5.97 Å². The second-order valence-electron chi connectivity index (χ2n) is 5.83. The van der Waals surface area contributed by atoms with Crippen LogP contribution in [0.4, 0.5) is 5.69 Å². The lowest BCUT2D eigenvalue weighted by Crippen LogP contribution is -2.21. The lowest BCUT2D eigenvalue weighted by molar-refractivity contribution is -0.119. The number of carbonyl (C=O) groups is 2. The molecule has 0 radical (unpaired) electrons. The van der Waals surface area contributed by atoms with Gasteiger partial charge in [0.1, 0.15) is 5.76 Å². The van der Waals surface area contributed by atoms with Gasteiger partial charge in [-0.05, 0) is 43.7 Å². The van der Waals surface area contributed by atoms with Gasteiger partial charge in [0.2, 0.25) is 5.89 Å². The minimum Gasteiger partial charge on any atom is -0.451 e. The summed E-state index contributed by atoms with van der Waals surface area (Å²) in [5.74, 6) is -0.557. The van der Waals surface area contributed by atoms with Gasteiger partial charge in [-0.3, -0.25) is 4.79 Å². The quantitative estimate of drug-likeness (QED) is 0.659. The molecule has 3 rings (SSSR count). The van der Waals surface area contributed by atoms with Gasteiger partial charge in [-0.2, -0.15) is 0 Å². The molecule has 1 aromatic heterocycles. The Morgan fingerprint density at radius 1 is 1.11 bits per heavy atom. The van der Waals surface area contributed by atoms with Crippen molar-refractivity contribution in [3.8, 4) is 11.5 Å². The van der Waals surface area contributed by atoms with E-state index in [0.29, 0.717) is 22.4 Å². The maximum Gasteiger partial charge on any atom is 0.361 e. The second kappa shape index (κ2) is 8.05. The summed E-state index contributed by atoms with van der Waals surface area (Å²) in [4.78, 5) is 28.5. The predicted molar refractivity (Wildman–Crippen MR) is 102 cm³/mol. The third-order valence-electron chi connectivity index (χ3n) is 3.89. The first-order chi connectivity index (χ1) is 13.0. The van der Waals surface area contributed by atoms with Crippen molar-refractivity contribution in [3.63, 3.8) is 0 Å². The highest BCUT2D eigenvalue weighted by Crippen LogP contribution is 2.23. The number of rotatable bonds is 5. The van der Waals surface area contributed by atoms with Gasteiger partial charge in [0.05, 0.1) is 0 Å². The van der Waals surface area contributed by atoms with Gasteiger partial charge < -0.3 is 14.5 Å². The van der Waals surface area contributed by atoms with E-state index in [2.05, 4.69) is 10.3 Å². The summed E-state index contributed by atoms with van der Waals surface area (Å²) < 4.78 is 10.6. The summed E-state index contributed by atoms with van der Waals surface area (Å²) in [5, 5.41) is 3.20. The fraction of sp³-hybridized carbons (Fsp3) is 0.150. The van der Waals surface area contributed by atoms with E-state index in [1.54, 1.807) is 32.0 Å². The van der Waals surface area contributed by atoms with E-state index >= 15 is 0 Å². The zero-order valence-corrected chi connectivity index (χ0v) is 15.5. The number of carbonyl (C=O) groups excluding carboxylic acids is 2. The topological polar surface area (TPSA) is 81.4 Å². The number of aryl methyl sites for hydroxylation is 1. The van der Waals surface area contributed by atoms with Gasteiger partial charge in [-0.25, -0.2) is 9.78 Å². The molecule has 6 nitrogen and oxygen atoms in total. The summed E-state index contributed by atoms with van der Waals surface area (Å²) in [5.41, 5.74) is 2.08. The Morgan fingerprint density at radius 3 is 2.59 bits per heavy atom. The zero-order chi connectivity index (χ0) is 19.4. The van der Waals surface area contributed by atoms with Crippen LogP contribution < -0.4 is 5.32 Å². The summed E-state index contributed by atoms with van der Waals surface area (Å²) >= 11 is 6.02. The molecule has 0 saturated heterocycles. The van der Waals surface area contributed by atoms with Gasteiger partial charge in [-0.1, -0.05) is 35.9 Å². The monoisotopic (exact) mass is 384 g/mol. The molecule has 0 aliphatic carbocycles. The third-order valence-corrected chi connectivity index (χ3v) is 4.30. The highest BCUT2D eigenvalue weighted by molar-refractivity contribution is 6.31. The molecule has 7 heteroatoms.